The molecule has 2 heterocycles. The summed E-state index contributed by atoms with van der Waals surface area (Å²) in [6, 6.07) is 14.1. The Hall–Kier alpha value is -3.33. The van der Waals surface area contributed by atoms with E-state index in [9.17, 15) is 9.18 Å². The highest BCUT2D eigenvalue weighted by Crippen LogP contribution is 2.12. The van der Waals surface area contributed by atoms with Gasteiger partial charge in [-0.25, -0.2) is 9.18 Å². The van der Waals surface area contributed by atoms with E-state index in [0.29, 0.717) is 26.2 Å². The fourth-order valence-electron chi connectivity index (χ4n) is 3.39. The number of hydrogen-bond donors (Lipinski definition) is 1. The van der Waals surface area contributed by atoms with E-state index in [1.807, 2.05) is 31.2 Å². The Morgan fingerprint density at radius 2 is 1.73 bits per heavy atom. The molecule has 2 amide bonds. The first kappa shape index (κ1) is 20.0. The minimum absolute atomic E-state index is 0.108. The summed E-state index contributed by atoms with van der Waals surface area (Å²) in [6.45, 7) is 5.77. The largest absolute Gasteiger partial charge is 0.334 e. The zero-order valence-corrected chi connectivity index (χ0v) is 16.8. The van der Waals surface area contributed by atoms with E-state index in [1.165, 1.54) is 17.7 Å². The summed E-state index contributed by atoms with van der Waals surface area (Å²) in [7, 11) is 0. The molecule has 2 aromatic carbocycles. The number of carbonyl (C=O) groups excluding carboxylic acids is 1. The number of piperazine rings is 1. The number of carbonyl (C=O) groups is 1. The molecule has 0 aliphatic carbocycles. The van der Waals surface area contributed by atoms with Gasteiger partial charge in [0.25, 0.3) is 0 Å². The van der Waals surface area contributed by atoms with Crippen molar-refractivity contribution in [3.8, 4) is 5.69 Å². The van der Waals surface area contributed by atoms with E-state index in [0.717, 1.165) is 30.2 Å². The van der Waals surface area contributed by atoms with Crippen molar-refractivity contribution in [3.05, 3.63) is 71.3 Å². The van der Waals surface area contributed by atoms with Crippen LogP contribution in [-0.4, -0.2) is 62.2 Å². The summed E-state index contributed by atoms with van der Waals surface area (Å²) >= 11 is 0. The maximum absolute atomic E-state index is 13.0. The molecule has 9 heteroatoms. The molecule has 156 valence electrons. The van der Waals surface area contributed by atoms with Crippen LogP contribution < -0.4 is 5.32 Å². The van der Waals surface area contributed by atoms with Gasteiger partial charge >= 0.3 is 6.03 Å². The number of amides is 2. The molecule has 1 N–H and O–H groups in total. The van der Waals surface area contributed by atoms with Crippen molar-refractivity contribution in [1.82, 2.24) is 35.3 Å². The van der Waals surface area contributed by atoms with Crippen LogP contribution in [0.3, 0.4) is 0 Å². The van der Waals surface area contributed by atoms with Gasteiger partial charge in [0.15, 0.2) is 5.82 Å². The molecule has 3 aromatic rings. The number of halogens is 1. The minimum atomic E-state index is -0.283. The lowest BCUT2D eigenvalue weighted by molar-refractivity contribution is 0.133. The van der Waals surface area contributed by atoms with E-state index in [2.05, 4.69) is 25.7 Å². The second kappa shape index (κ2) is 9.00. The molecular weight excluding hydrogens is 385 g/mol. The number of tetrazole rings is 1. The Bertz CT molecular complexity index is 979. The van der Waals surface area contributed by atoms with Gasteiger partial charge in [0, 0.05) is 32.7 Å². The molecular formula is C21H24FN7O. The molecule has 30 heavy (non-hydrogen) atoms. The average Bonchev–Trinajstić information content (AvgIpc) is 3.22. The van der Waals surface area contributed by atoms with Crippen LogP contribution in [0.5, 0.6) is 0 Å². The lowest BCUT2D eigenvalue weighted by Gasteiger charge is -2.34. The summed E-state index contributed by atoms with van der Waals surface area (Å²) in [4.78, 5) is 16.4. The van der Waals surface area contributed by atoms with Crippen molar-refractivity contribution in [2.24, 2.45) is 0 Å². The second-order valence-electron chi connectivity index (χ2n) is 7.39. The topological polar surface area (TPSA) is 79.2 Å². The van der Waals surface area contributed by atoms with Crippen molar-refractivity contribution >= 4 is 6.03 Å². The highest BCUT2D eigenvalue weighted by atomic mass is 19.1. The van der Waals surface area contributed by atoms with Gasteiger partial charge in [-0.3, -0.25) is 4.90 Å². The molecule has 1 fully saturated rings. The molecule has 0 atom stereocenters. The van der Waals surface area contributed by atoms with Crippen LogP contribution in [0.25, 0.3) is 5.69 Å². The lowest BCUT2D eigenvalue weighted by atomic mass is 10.2. The lowest BCUT2D eigenvalue weighted by Crippen LogP contribution is -2.51. The number of aromatic nitrogens is 4. The molecule has 0 spiro atoms. The summed E-state index contributed by atoms with van der Waals surface area (Å²) < 4.78 is 14.7. The monoisotopic (exact) mass is 409 g/mol. The summed E-state index contributed by atoms with van der Waals surface area (Å²) in [5.74, 6) is 0.489. The van der Waals surface area contributed by atoms with Crippen molar-refractivity contribution in [1.29, 1.82) is 0 Å². The first-order valence-electron chi connectivity index (χ1n) is 9.92. The minimum Gasteiger partial charge on any atom is -0.334 e. The van der Waals surface area contributed by atoms with E-state index in [1.54, 1.807) is 21.7 Å². The maximum atomic E-state index is 13.0. The van der Waals surface area contributed by atoms with Gasteiger partial charge in [-0.15, -0.1) is 5.10 Å². The molecule has 1 aromatic heterocycles. The van der Waals surface area contributed by atoms with E-state index in [-0.39, 0.29) is 11.8 Å². The van der Waals surface area contributed by atoms with Crippen molar-refractivity contribution in [2.45, 2.75) is 20.0 Å². The van der Waals surface area contributed by atoms with Crippen LogP contribution in [0.1, 0.15) is 17.0 Å². The Labute approximate surface area is 174 Å². The quantitative estimate of drug-likeness (QED) is 0.699. The first-order chi connectivity index (χ1) is 14.6. The number of urea groups is 1. The molecule has 8 nitrogen and oxygen atoms in total. The van der Waals surface area contributed by atoms with Crippen molar-refractivity contribution in [3.63, 3.8) is 0 Å². The third-order valence-electron chi connectivity index (χ3n) is 5.19. The van der Waals surface area contributed by atoms with Crippen LogP contribution in [0.15, 0.2) is 48.5 Å². The van der Waals surface area contributed by atoms with Crippen LogP contribution in [0.4, 0.5) is 9.18 Å². The van der Waals surface area contributed by atoms with Crippen LogP contribution in [-0.2, 0) is 13.1 Å². The van der Waals surface area contributed by atoms with Gasteiger partial charge in [-0.2, -0.15) is 4.68 Å². The third kappa shape index (κ3) is 4.80. The predicted molar refractivity (Wildman–Crippen MR) is 109 cm³/mol. The SMILES string of the molecule is Cc1ccc(-n2nnnc2CN2CCN(C(=O)NCc3ccc(F)cc3)CC2)cc1. The number of nitrogens with zero attached hydrogens (tertiary/aromatic N) is 6. The van der Waals surface area contributed by atoms with Gasteiger partial charge in [0.05, 0.1) is 12.2 Å². The molecule has 0 radical (unpaired) electrons. The predicted octanol–water partition coefficient (Wildman–Crippen LogP) is 2.14. The molecule has 0 bridgehead atoms. The van der Waals surface area contributed by atoms with Gasteiger partial charge in [-0.1, -0.05) is 29.8 Å². The van der Waals surface area contributed by atoms with Crippen LogP contribution in [0, 0.1) is 12.7 Å². The fourth-order valence-corrected chi connectivity index (χ4v) is 3.39. The van der Waals surface area contributed by atoms with Crippen LogP contribution >= 0.6 is 0 Å². The van der Waals surface area contributed by atoms with Gasteiger partial charge in [0.2, 0.25) is 0 Å². The Morgan fingerprint density at radius 1 is 1.03 bits per heavy atom. The fraction of sp³-hybridized carbons (Fsp3) is 0.333. The Balaban J connectivity index is 1.28. The second-order valence-corrected chi connectivity index (χ2v) is 7.39. The zero-order chi connectivity index (χ0) is 20.9. The normalized spacial score (nSPS) is 14.7. The molecule has 0 saturated carbocycles. The number of nitrogens with one attached hydrogen (secondary N) is 1. The summed E-state index contributed by atoms with van der Waals surface area (Å²) in [5.41, 5.74) is 2.98. The number of aryl methyl sites for hydroxylation is 1. The van der Waals surface area contributed by atoms with E-state index >= 15 is 0 Å². The maximum Gasteiger partial charge on any atom is 0.317 e. The first-order valence-corrected chi connectivity index (χ1v) is 9.92. The van der Waals surface area contributed by atoms with Crippen molar-refractivity contribution in [2.75, 3.05) is 26.2 Å². The average molecular weight is 409 g/mol. The zero-order valence-electron chi connectivity index (χ0n) is 16.8. The van der Waals surface area contributed by atoms with Gasteiger partial charge in [0.1, 0.15) is 5.82 Å². The third-order valence-corrected chi connectivity index (χ3v) is 5.19. The van der Waals surface area contributed by atoms with Gasteiger partial charge in [-0.05, 0) is 47.2 Å². The smallest absolute Gasteiger partial charge is 0.317 e. The van der Waals surface area contributed by atoms with E-state index in [4.69, 9.17) is 0 Å². The molecule has 1 aliphatic heterocycles. The number of hydrogen-bond acceptors (Lipinski definition) is 5. The standard InChI is InChI=1S/C21H24FN7O/c1-16-2-8-19(9-3-16)29-20(24-25-26-29)15-27-10-12-28(13-11-27)21(30)23-14-17-4-6-18(22)7-5-17/h2-9H,10-15H2,1H3,(H,23,30). The molecule has 0 unspecified atom stereocenters. The number of benzene rings is 2. The van der Waals surface area contributed by atoms with Crippen molar-refractivity contribution < 1.29 is 9.18 Å². The Morgan fingerprint density at radius 3 is 2.43 bits per heavy atom. The molecule has 1 aliphatic rings. The summed E-state index contributed by atoms with van der Waals surface area (Å²) in [6.07, 6.45) is 0. The van der Waals surface area contributed by atoms with Crippen LogP contribution in [0.2, 0.25) is 0 Å². The molecule has 4 rings (SSSR count). The highest BCUT2D eigenvalue weighted by Gasteiger charge is 2.22. The highest BCUT2D eigenvalue weighted by molar-refractivity contribution is 5.74. The van der Waals surface area contributed by atoms with E-state index < -0.39 is 0 Å². The number of rotatable bonds is 5. The Kier molecular flexibility index (Phi) is 5.99. The molecule has 1 saturated heterocycles. The summed E-state index contributed by atoms with van der Waals surface area (Å²) in [5, 5.41) is 15.0. The van der Waals surface area contributed by atoms with Gasteiger partial charge < -0.3 is 10.2 Å².